The van der Waals surface area contributed by atoms with Gasteiger partial charge >= 0.3 is 0 Å². The van der Waals surface area contributed by atoms with Gasteiger partial charge in [-0.1, -0.05) is 43.7 Å². The van der Waals surface area contributed by atoms with Gasteiger partial charge in [-0.3, -0.25) is 4.90 Å². The summed E-state index contributed by atoms with van der Waals surface area (Å²) in [6, 6.07) is 10.2. The summed E-state index contributed by atoms with van der Waals surface area (Å²) in [5.41, 5.74) is 8.83. The number of benzene rings is 1. The molecular formula is C18H30N2. The molecular weight excluding hydrogens is 244 g/mol. The van der Waals surface area contributed by atoms with Crippen molar-refractivity contribution in [1.82, 2.24) is 4.90 Å². The highest BCUT2D eigenvalue weighted by Crippen LogP contribution is 2.24. The highest BCUT2D eigenvalue weighted by atomic mass is 15.2. The third-order valence-corrected chi connectivity index (χ3v) is 4.36. The minimum absolute atomic E-state index is 0.437. The van der Waals surface area contributed by atoms with Crippen molar-refractivity contribution in [2.24, 2.45) is 11.7 Å². The van der Waals surface area contributed by atoms with Gasteiger partial charge in [0.25, 0.3) is 0 Å². The zero-order valence-corrected chi connectivity index (χ0v) is 13.3. The first-order valence-electron chi connectivity index (χ1n) is 8.09. The molecule has 0 spiro atoms. The van der Waals surface area contributed by atoms with E-state index in [-0.39, 0.29) is 0 Å². The molecule has 2 nitrogen and oxygen atoms in total. The molecule has 2 N–H and O–H groups in total. The summed E-state index contributed by atoms with van der Waals surface area (Å²) in [6.45, 7) is 9.05. The first-order chi connectivity index (χ1) is 9.54. The molecule has 1 aromatic carbocycles. The molecule has 1 aliphatic rings. The van der Waals surface area contributed by atoms with Crippen LogP contribution < -0.4 is 5.73 Å². The lowest BCUT2D eigenvalue weighted by Gasteiger charge is -2.37. The van der Waals surface area contributed by atoms with Crippen LogP contribution >= 0.6 is 0 Å². The standard InChI is InChI=1S/C18H30N2/c1-14(2)12-20(18-10-8-17(19)9-11-18)13-16-6-4-15(3)5-7-16/h4-7,14,17-18H,8-13,19H2,1-3H3. The first-order valence-corrected chi connectivity index (χ1v) is 8.09. The van der Waals surface area contributed by atoms with Crippen molar-refractivity contribution in [2.45, 2.75) is 65.1 Å². The normalized spacial score (nSPS) is 23.5. The quantitative estimate of drug-likeness (QED) is 0.886. The van der Waals surface area contributed by atoms with Gasteiger partial charge in [-0.2, -0.15) is 0 Å². The van der Waals surface area contributed by atoms with E-state index in [4.69, 9.17) is 5.73 Å². The molecule has 0 atom stereocenters. The monoisotopic (exact) mass is 274 g/mol. The number of nitrogens with two attached hydrogens (primary N) is 1. The molecule has 1 fully saturated rings. The Morgan fingerprint density at radius 1 is 1.10 bits per heavy atom. The van der Waals surface area contributed by atoms with Gasteiger partial charge in [0.15, 0.2) is 0 Å². The molecule has 0 heterocycles. The van der Waals surface area contributed by atoms with E-state index in [0.717, 1.165) is 18.5 Å². The molecule has 1 aliphatic carbocycles. The largest absolute Gasteiger partial charge is 0.328 e. The molecule has 20 heavy (non-hydrogen) atoms. The Balaban J connectivity index is 2.01. The zero-order chi connectivity index (χ0) is 14.5. The Labute approximate surface area is 124 Å². The van der Waals surface area contributed by atoms with Crippen molar-refractivity contribution < 1.29 is 0 Å². The van der Waals surface area contributed by atoms with Crippen LogP contribution in [0.25, 0.3) is 0 Å². The molecule has 0 saturated heterocycles. The van der Waals surface area contributed by atoms with Gasteiger partial charge in [-0.25, -0.2) is 0 Å². The van der Waals surface area contributed by atoms with Crippen LogP contribution in [-0.4, -0.2) is 23.5 Å². The summed E-state index contributed by atoms with van der Waals surface area (Å²) < 4.78 is 0. The molecule has 0 aliphatic heterocycles. The molecule has 0 aromatic heterocycles. The Bertz CT molecular complexity index is 388. The predicted octanol–water partition coefficient (Wildman–Crippen LogP) is 3.72. The predicted molar refractivity (Wildman–Crippen MR) is 86.7 cm³/mol. The SMILES string of the molecule is Cc1ccc(CN(CC(C)C)C2CCC(N)CC2)cc1. The lowest BCUT2D eigenvalue weighted by molar-refractivity contribution is 0.127. The summed E-state index contributed by atoms with van der Waals surface area (Å²) in [6.07, 6.45) is 4.90. The van der Waals surface area contributed by atoms with Gasteiger partial charge in [0, 0.05) is 25.2 Å². The van der Waals surface area contributed by atoms with Gasteiger partial charge in [0.1, 0.15) is 0 Å². The van der Waals surface area contributed by atoms with Crippen molar-refractivity contribution in [2.75, 3.05) is 6.54 Å². The first kappa shape index (κ1) is 15.5. The van der Waals surface area contributed by atoms with Crippen molar-refractivity contribution in [3.63, 3.8) is 0 Å². The summed E-state index contributed by atoms with van der Waals surface area (Å²) in [4.78, 5) is 2.68. The van der Waals surface area contributed by atoms with Gasteiger partial charge in [-0.15, -0.1) is 0 Å². The lowest BCUT2D eigenvalue weighted by Crippen LogP contribution is -2.42. The molecule has 2 rings (SSSR count). The molecule has 112 valence electrons. The Hall–Kier alpha value is -0.860. The minimum atomic E-state index is 0.437. The van der Waals surface area contributed by atoms with Crippen molar-refractivity contribution >= 4 is 0 Å². The van der Waals surface area contributed by atoms with Gasteiger partial charge in [-0.05, 0) is 44.1 Å². The number of hydrogen-bond acceptors (Lipinski definition) is 2. The summed E-state index contributed by atoms with van der Waals surface area (Å²) >= 11 is 0. The van der Waals surface area contributed by atoms with Crippen LogP contribution in [0.4, 0.5) is 0 Å². The number of rotatable bonds is 5. The lowest BCUT2D eigenvalue weighted by atomic mass is 9.90. The fraction of sp³-hybridized carbons (Fsp3) is 0.667. The highest BCUT2D eigenvalue weighted by Gasteiger charge is 2.24. The van der Waals surface area contributed by atoms with E-state index in [1.807, 2.05) is 0 Å². The molecule has 0 radical (unpaired) electrons. The van der Waals surface area contributed by atoms with Gasteiger partial charge < -0.3 is 5.73 Å². The second kappa shape index (κ2) is 7.24. The smallest absolute Gasteiger partial charge is 0.0236 e. The fourth-order valence-corrected chi connectivity index (χ4v) is 3.21. The molecule has 0 amide bonds. The highest BCUT2D eigenvalue weighted by molar-refractivity contribution is 5.21. The second-order valence-corrected chi connectivity index (χ2v) is 6.88. The number of hydrogen-bond donors (Lipinski definition) is 1. The average molecular weight is 274 g/mol. The van der Waals surface area contributed by atoms with Crippen molar-refractivity contribution in [1.29, 1.82) is 0 Å². The fourth-order valence-electron chi connectivity index (χ4n) is 3.21. The Morgan fingerprint density at radius 3 is 2.25 bits per heavy atom. The van der Waals surface area contributed by atoms with Crippen LogP contribution in [0.2, 0.25) is 0 Å². The van der Waals surface area contributed by atoms with Crippen LogP contribution in [0.5, 0.6) is 0 Å². The minimum Gasteiger partial charge on any atom is -0.328 e. The van der Waals surface area contributed by atoms with Crippen LogP contribution in [-0.2, 0) is 6.54 Å². The third-order valence-electron chi connectivity index (χ3n) is 4.36. The Kier molecular flexibility index (Phi) is 5.62. The molecule has 2 heteroatoms. The van der Waals surface area contributed by atoms with E-state index < -0.39 is 0 Å². The average Bonchev–Trinajstić information content (AvgIpc) is 2.41. The van der Waals surface area contributed by atoms with Crippen LogP contribution in [0.15, 0.2) is 24.3 Å². The zero-order valence-electron chi connectivity index (χ0n) is 13.3. The van der Waals surface area contributed by atoms with E-state index in [1.165, 1.54) is 43.4 Å². The van der Waals surface area contributed by atoms with E-state index in [1.54, 1.807) is 0 Å². The third kappa shape index (κ3) is 4.60. The summed E-state index contributed by atoms with van der Waals surface area (Å²) in [5.74, 6) is 0.719. The summed E-state index contributed by atoms with van der Waals surface area (Å²) in [5, 5.41) is 0. The number of aryl methyl sites for hydroxylation is 1. The maximum absolute atomic E-state index is 6.05. The Morgan fingerprint density at radius 2 is 1.70 bits per heavy atom. The van der Waals surface area contributed by atoms with Crippen molar-refractivity contribution in [3.8, 4) is 0 Å². The maximum Gasteiger partial charge on any atom is 0.0236 e. The van der Waals surface area contributed by atoms with E-state index in [9.17, 15) is 0 Å². The van der Waals surface area contributed by atoms with Crippen LogP contribution in [0.1, 0.15) is 50.7 Å². The van der Waals surface area contributed by atoms with Gasteiger partial charge in [0.2, 0.25) is 0 Å². The van der Waals surface area contributed by atoms with Gasteiger partial charge in [0.05, 0.1) is 0 Å². The topological polar surface area (TPSA) is 29.3 Å². The molecule has 0 unspecified atom stereocenters. The van der Waals surface area contributed by atoms with Crippen LogP contribution in [0.3, 0.4) is 0 Å². The second-order valence-electron chi connectivity index (χ2n) is 6.88. The number of nitrogens with zero attached hydrogens (tertiary/aromatic N) is 1. The molecule has 0 bridgehead atoms. The van der Waals surface area contributed by atoms with E-state index >= 15 is 0 Å². The van der Waals surface area contributed by atoms with Crippen molar-refractivity contribution in [3.05, 3.63) is 35.4 Å². The van der Waals surface area contributed by atoms with E-state index in [2.05, 4.69) is 49.9 Å². The molecule has 1 saturated carbocycles. The molecule has 1 aromatic rings. The summed E-state index contributed by atoms with van der Waals surface area (Å²) in [7, 11) is 0. The van der Waals surface area contributed by atoms with Crippen LogP contribution in [0, 0.1) is 12.8 Å². The maximum atomic E-state index is 6.05. The van der Waals surface area contributed by atoms with E-state index in [0.29, 0.717) is 6.04 Å².